The molecular formula is C23H26N4O3S. The minimum Gasteiger partial charge on any atom is -0.386 e. The van der Waals surface area contributed by atoms with Crippen LogP contribution in [0.15, 0.2) is 39.7 Å². The molecule has 0 saturated heterocycles. The van der Waals surface area contributed by atoms with Gasteiger partial charge in [0.15, 0.2) is 4.47 Å². The average Bonchev–Trinajstić information content (AvgIpc) is 3.36. The molecule has 8 heteroatoms. The molecule has 0 saturated carbocycles. The fourth-order valence-corrected chi connectivity index (χ4v) is 5.68. The largest absolute Gasteiger partial charge is 0.386 e. The summed E-state index contributed by atoms with van der Waals surface area (Å²) < 4.78 is 19.5. The molecule has 162 valence electrons. The lowest BCUT2D eigenvalue weighted by molar-refractivity contribution is 0.0784. The number of rotatable bonds is 4. The summed E-state index contributed by atoms with van der Waals surface area (Å²) in [6.07, 6.45) is 5.95. The number of benzene rings is 2. The van der Waals surface area contributed by atoms with Crippen molar-refractivity contribution in [2.24, 2.45) is 4.47 Å². The van der Waals surface area contributed by atoms with Crippen LogP contribution >= 0.6 is 0 Å². The van der Waals surface area contributed by atoms with Crippen LogP contribution < -0.4 is 10.0 Å². The number of aliphatic hydroxyl groups is 1. The Morgan fingerprint density at radius 2 is 1.77 bits per heavy atom. The van der Waals surface area contributed by atoms with Crippen molar-refractivity contribution in [2.75, 3.05) is 5.32 Å². The number of nitrogens with one attached hydrogen (secondary N) is 2. The number of hydrogen-bond donors (Lipinski definition) is 3. The molecule has 0 bridgehead atoms. The van der Waals surface area contributed by atoms with Crippen LogP contribution in [-0.2, 0) is 41.2 Å². The summed E-state index contributed by atoms with van der Waals surface area (Å²) >= 11 is 0. The summed E-state index contributed by atoms with van der Waals surface area (Å²) in [7, 11) is -3.55. The van der Waals surface area contributed by atoms with Gasteiger partial charge in [-0.3, -0.25) is 0 Å². The van der Waals surface area contributed by atoms with E-state index in [1.54, 1.807) is 26.0 Å². The minimum absolute atomic E-state index is 0.168. The standard InChI is InChI=1S/C23H26N4O3S/c1-23(2,29)17-9-6-10-18(14-17)31(30,27-24-3)26-22(28)25-21-19-11-4-7-15(19)13-16-8-5-12-20(16)21/h6,9-10,13-14,29H,4-5,7-8,11-12H2,1-2H3,(H2,25,26,27,28,30). The van der Waals surface area contributed by atoms with E-state index in [0.717, 1.165) is 55.3 Å². The second-order valence-corrected chi connectivity index (χ2v) is 10.5. The van der Waals surface area contributed by atoms with E-state index in [1.165, 1.54) is 23.3 Å². The number of nitrogens with zero attached hydrogens (tertiary/aromatic N) is 2. The Hall–Kier alpha value is -2.89. The Bertz CT molecular complexity index is 1180. The number of fused-ring (bicyclic) bond motifs is 2. The topological polar surface area (TPSA) is 95.2 Å². The Morgan fingerprint density at radius 3 is 2.35 bits per heavy atom. The van der Waals surface area contributed by atoms with Gasteiger partial charge in [0.05, 0.1) is 10.5 Å². The van der Waals surface area contributed by atoms with Gasteiger partial charge in [-0.25, -0.2) is 13.7 Å². The smallest absolute Gasteiger partial charge is 0.332 e. The molecule has 2 amide bonds. The van der Waals surface area contributed by atoms with E-state index in [0.29, 0.717) is 5.56 Å². The molecule has 1 unspecified atom stereocenters. The number of aryl methyl sites for hydroxylation is 2. The fourth-order valence-electron chi connectivity index (χ4n) is 4.46. The lowest BCUT2D eigenvalue weighted by Crippen LogP contribution is -2.35. The summed E-state index contributed by atoms with van der Waals surface area (Å²) in [5.41, 5.74) is 5.05. The van der Waals surface area contributed by atoms with Crippen molar-refractivity contribution in [3.8, 4) is 0 Å². The molecule has 0 fully saturated rings. The molecule has 2 aromatic carbocycles. The third-order valence-electron chi connectivity index (χ3n) is 5.96. The van der Waals surface area contributed by atoms with Crippen LogP contribution in [0.5, 0.6) is 0 Å². The van der Waals surface area contributed by atoms with E-state index in [-0.39, 0.29) is 4.90 Å². The molecular weight excluding hydrogens is 412 g/mol. The first kappa shape index (κ1) is 21.3. The lowest BCUT2D eigenvalue weighted by Gasteiger charge is -2.19. The molecule has 2 aliphatic rings. The molecule has 0 aromatic heterocycles. The molecule has 4 rings (SSSR count). The third kappa shape index (κ3) is 4.16. The fraction of sp³-hybridized carbons (Fsp3) is 0.391. The summed E-state index contributed by atoms with van der Waals surface area (Å²) in [4.78, 5) is 16.1. The number of hydrogen-bond acceptors (Lipinski definition) is 4. The second kappa shape index (κ2) is 7.98. The average molecular weight is 439 g/mol. The second-order valence-electron chi connectivity index (χ2n) is 8.58. The van der Waals surface area contributed by atoms with E-state index < -0.39 is 21.5 Å². The Balaban J connectivity index is 1.66. The van der Waals surface area contributed by atoms with Gasteiger partial charge >= 0.3 is 6.03 Å². The maximum absolute atomic E-state index is 13.5. The Labute approximate surface area is 183 Å². The van der Waals surface area contributed by atoms with E-state index in [1.807, 2.05) is 0 Å². The highest BCUT2D eigenvalue weighted by molar-refractivity contribution is 7.92. The monoisotopic (exact) mass is 438 g/mol. The summed E-state index contributed by atoms with van der Waals surface area (Å²) in [6, 6.07) is 7.98. The van der Waals surface area contributed by atoms with Crippen LogP contribution in [0, 0.1) is 6.57 Å². The van der Waals surface area contributed by atoms with Crippen molar-refractivity contribution in [2.45, 2.75) is 62.9 Å². The lowest BCUT2D eigenvalue weighted by atomic mass is 9.99. The van der Waals surface area contributed by atoms with E-state index in [2.05, 4.69) is 25.5 Å². The van der Waals surface area contributed by atoms with Gasteiger partial charge in [-0.15, -0.1) is 4.95 Å². The van der Waals surface area contributed by atoms with Gasteiger partial charge in [0.25, 0.3) is 0 Å². The van der Waals surface area contributed by atoms with Crippen molar-refractivity contribution < 1.29 is 14.1 Å². The number of urea groups is 1. The minimum atomic E-state index is -3.55. The van der Waals surface area contributed by atoms with Gasteiger partial charge in [-0.1, -0.05) is 18.2 Å². The van der Waals surface area contributed by atoms with Crippen LogP contribution in [0.3, 0.4) is 0 Å². The molecule has 2 aromatic rings. The molecule has 3 N–H and O–H groups in total. The van der Waals surface area contributed by atoms with Gasteiger partial charge in [-0.05, 0) is 92.3 Å². The van der Waals surface area contributed by atoms with Crippen LogP contribution in [0.1, 0.15) is 54.5 Å². The predicted octanol–water partition coefficient (Wildman–Crippen LogP) is 4.29. The van der Waals surface area contributed by atoms with Crippen LogP contribution in [0.25, 0.3) is 4.95 Å². The first-order chi connectivity index (χ1) is 14.7. The van der Waals surface area contributed by atoms with Gasteiger partial charge in [0.1, 0.15) is 0 Å². The van der Waals surface area contributed by atoms with E-state index in [4.69, 9.17) is 6.57 Å². The zero-order chi connectivity index (χ0) is 22.2. The first-order valence-corrected chi connectivity index (χ1v) is 11.9. The number of amides is 2. The molecule has 7 nitrogen and oxygen atoms in total. The van der Waals surface area contributed by atoms with Gasteiger partial charge in [0, 0.05) is 5.69 Å². The highest BCUT2D eigenvalue weighted by Crippen LogP contribution is 2.38. The zero-order valence-electron chi connectivity index (χ0n) is 17.7. The van der Waals surface area contributed by atoms with Crippen molar-refractivity contribution in [1.29, 1.82) is 0 Å². The van der Waals surface area contributed by atoms with Crippen molar-refractivity contribution in [3.05, 3.63) is 69.7 Å². The molecule has 0 spiro atoms. The number of carbonyl (C=O) groups excluding carboxylic acids is 1. The van der Waals surface area contributed by atoms with Gasteiger partial charge < -0.3 is 10.4 Å². The first-order valence-electron chi connectivity index (χ1n) is 10.4. The maximum atomic E-state index is 13.5. The quantitative estimate of drug-likeness (QED) is 0.491. The van der Waals surface area contributed by atoms with Crippen LogP contribution in [0.4, 0.5) is 10.5 Å². The number of carbonyl (C=O) groups is 1. The summed E-state index contributed by atoms with van der Waals surface area (Å²) in [5.74, 6) is 0. The highest BCUT2D eigenvalue weighted by Gasteiger charge is 2.27. The third-order valence-corrected chi connectivity index (χ3v) is 7.62. The Kier molecular flexibility index (Phi) is 5.50. The maximum Gasteiger partial charge on any atom is 0.332 e. The Morgan fingerprint density at radius 1 is 1.13 bits per heavy atom. The van der Waals surface area contributed by atoms with Gasteiger partial charge in [0.2, 0.25) is 9.92 Å². The highest BCUT2D eigenvalue weighted by atomic mass is 32.2. The SMILES string of the molecule is [C-]#[N+]N=S(=O)(NC(=O)Nc1c2c(cc3c1CCC3)CCC2)c1cccc(C(C)(C)O)c1. The predicted molar refractivity (Wildman–Crippen MR) is 120 cm³/mol. The van der Waals surface area contributed by atoms with Crippen LogP contribution in [0.2, 0.25) is 0 Å². The molecule has 31 heavy (non-hydrogen) atoms. The molecule has 0 radical (unpaired) electrons. The molecule has 1 atom stereocenters. The number of anilines is 1. The van der Waals surface area contributed by atoms with Gasteiger partial charge in [-0.2, -0.15) is 6.57 Å². The molecule has 2 aliphatic carbocycles. The normalized spacial score (nSPS) is 16.6. The van der Waals surface area contributed by atoms with Crippen molar-refractivity contribution in [3.63, 3.8) is 0 Å². The van der Waals surface area contributed by atoms with Crippen molar-refractivity contribution in [1.82, 2.24) is 4.72 Å². The van der Waals surface area contributed by atoms with Crippen molar-refractivity contribution >= 4 is 21.6 Å². The van der Waals surface area contributed by atoms with Crippen LogP contribution in [-0.4, -0.2) is 15.3 Å². The molecule has 0 heterocycles. The van der Waals surface area contributed by atoms with E-state index in [9.17, 15) is 14.1 Å². The summed E-state index contributed by atoms with van der Waals surface area (Å²) in [6.45, 7) is 10.3. The van der Waals surface area contributed by atoms with E-state index >= 15 is 0 Å². The zero-order valence-corrected chi connectivity index (χ0v) is 18.5. The summed E-state index contributed by atoms with van der Waals surface area (Å²) in [5, 5.41) is 13.2. The molecule has 0 aliphatic heterocycles.